The summed E-state index contributed by atoms with van der Waals surface area (Å²) in [6.07, 6.45) is -0.0575. The van der Waals surface area contributed by atoms with Gasteiger partial charge in [0.2, 0.25) is 0 Å². The number of imidazole rings is 1. The highest BCUT2D eigenvalue weighted by atomic mass is 35.5. The Hall–Kier alpha value is -1.24. The van der Waals surface area contributed by atoms with Gasteiger partial charge in [-0.15, -0.1) is 9.05 Å². The number of aromatic nitrogens is 4. The summed E-state index contributed by atoms with van der Waals surface area (Å²) in [7, 11) is -2.51. The predicted octanol–water partition coefficient (Wildman–Crippen LogP) is 2.88. The molecule has 2 aromatic rings. The van der Waals surface area contributed by atoms with E-state index in [1.165, 1.54) is 24.1 Å². The van der Waals surface area contributed by atoms with Gasteiger partial charge in [-0.3, -0.25) is 9.36 Å². The number of carbonyl (C=O) groups excluding carboxylic acids is 1. The molecule has 0 amide bonds. The van der Waals surface area contributed by atoms with Crippen LogP contribution in [0.1, 0.15) is 40.3 Å². The summed E-state index contributed by atoms with van der Waals surface area (Å²) in [5.41, 5.74) is -1.51. The molecule has 1 fully saturated rings. The number of halogens is 1. The van der Waals surface area contributed by atoms with E-state index in [0.717, 1.165) is 18.2 Å². The lowest BCUT2D eigenvalue weighted by atomic mass is 9.92. The maximum Gasteiger partial charge on any atom is 0.697 e. The van der Waals surface area contributed by atoms with Crippen molar-refractivity contribution < 1.29 is 33.4 Å². The third-order valence-electron chi connectivity index (χ3n) is 5.62. The Morgan fingerprint density at radius 2 is 2.12 bits per heavy atom. The Kier molecular flexibility index (Phi) is 8.45. The van der Waals surface area contributed by atoms with Gasteiger partial charge in [-0.2, -0.15) is 0 Å². The molecule has 2 N–H and O–H groups in total. The van der Waals surface area contributed by atoms with Gasteiger partial charge >= 0.3 is 8.25 Å². The summed E-state index contributed by atoms with van der Waals surface area (Å²) in [5, 5.41) is 21.6. The van der Waals surface area contributed by atoms with Crippen molar-refractivity contribution in [3.63, 3.8) is 0 Å². The van der Waals surface area contributed by atoms with Crippen LogP contribution in [0.2, 0.25) is 5.15 Å². The molecule has 5 atom stereocenters. The van der Waals surface area contributed by atoms with Crippen molar-refractivity contribution in [2.45, 2.75) is 58.2 Å². The van der Waals surface area contributed by atoms with Gasteiger partial charge < -0.3 is 14.9 Å². The lowest BCUT2D eigenvalue weighted by Gasteiger charge is -2.27. The first-order valence-electron chi connectivity index (χ1n) is 10.3. The number of rotatable bonds is 10. The molecule has 1 aliphatic rings. The van der Waals surface area contributed by atoms with E-state index in [9.17, 15) is 19.6 Å². The van der Waals surface area contributed by atoms with Crippen molar-refractivity contribution in [1.82, 2.24) is 19.5 Å². The lowest BCUT2D eigenvalue weighted by Crippen LogP contribution is -2.44. The Morgan fingerprint density at radius 3 is 2.82 bits per heavy atom. The molecule has 0 aliphatic carbocycles. The molecule has 2 unspecified atom stereocenters. The summed E-state index contributed by atoms with van der Waals surface area (Å²) < 4.78 is 29.6. The number of aliphatic hydroxyl groups is 2. The summed E-state index contributed by atoms with van der Waals surface area (Å²) in [6, 6.07) is 0. The number of aliphatic hydroxyl groups excluding tert-OH is 1. The highest BCUT2D eigenvalue weighted by Gasteiger charge is 2.54. The maximum absolute atomic E-state index is 12.1. The van der Waals surface area contributed by atoms with Gasteiger partial charge in [0.05, 0.1) is 6.33 Å². The molecule has 0 spiro atoms. The van der Waals surface area contributed by atoms with Crippen molar-refractivity contribution in [3.8, 4) is 0 Å². The van der Waals surface area contributed by atoms with Crippen molar-refractivity contribution in [1.29, 1.82) is 0 Å². The quantitative estimate of drug-likeness (QED) is 0.270. The fraction of sp³-hybridized carbons (Fsp3) is 0.684. The van der Waals surface area contributed by atoms with Crippen LogP contribution in [0, 0.1) is 5.41 Å². The molecule has 1 aliphatic heterocycles. The van der Waals surface area contributed by atoms with Crippen molar-refractivity contribution in [2.24, 2.45) is 5.41 Å². The highest BCUT2D eigenvalue weighted by Crippen LogP contribution is 2.41. The standard InChI is InChI=1S/C19H27ClN4O7PS/c1-5-18(2,3)17(26)33-7-6-29-32(28)30-8-11-13(25)19(4,27)16(31-11)24-10-23-12-14(20)21-9-22-15(12)24/h9-11,13,16,25,27H,5-8H2,1-4H3/q+1/t11-,13?,16-,19+/m1/s1. The minimum atomic E-state index is -2.51. The average molecular weight is 522 g/mol. The Labute approximate surface area is 201 Å². The van der Waals surface area contributed by atoms with Gasteiger partial charge in [0, 0.05) is 15.7 Å². The zero-order valence-corrected chi connectivity index (χ0v) is 21.1. The zero-order chi connectivity index (χ0) is 24.4. The molecule has 182 valence electrons. The molecular weight excluding hydrogens is 495 g/mol. The van der Waals surface area contributed by atoms with Gasteiger partial charge in [-0.05, 0) is 13.3 Å². The number of nitrogens with zero attached hydrogens (tertiary/aromatic N) is 4. The number of carbonyl (C=O) groups is 1. The topological polar surface area (TPSA) is 146 Å². The van der Waals surface area contributed by atoms with Gasteiger partial charge in [-0.1, -0.05) is 44.1 Å². The van der Waals surface area contributed by atoms with Crippen LogP contribution >= 0.6 is 31.6 Å². The first-order valence-corrected chi connectivity index (χ1v) is 12.7. The predicted molar refractivity (Wildman–Crippen MR) is 122 cm³/mol. The summed E-state index contributed by atoms with van der Waals surface area (Å²) in [5.74, 6) is 0.337. The van der Waals surface area contributed by atoms with Crippen molar-refractivity contribution in [2.75, 3.05) is 19.0 Å². The minimum Gasteiger partial charge on any atom is -0.387 e. The van der Waals surface area contributed by atoms with Crippen molar-refractivity contribution >= 4 is 47.9 Å². The van der Waals surface area contributed by atoms with Crippen LogP contribution < -0.4 is 0 Å². The van der Waals surface area contributed by atoms with E-state index in [4.69, 9.17) is 25.4 Å². The van der Waals surface area contributed by atoms with Crippen LogP contribution in [0.3, 0.4) is 0 Å². The minimum absolute atomic E-state index is 0.0408. The number of thioether (sulfide) groups is 1. The van der Waals surface area contributed by atoms with Crippen LogP contribution in [0.4, 0.5) is 0 Å². The fourth-order valence-corrected chi connectivity index (χ4v) is 4.90. The van der Waals surface area contributed by atoms with Gasteiger partial charge in [0.25, 0.3) is 0 Å². The Morgan fingerprint density at radius 1 is 1.39 bits per heavy atom. The first kappa shape index (κ1) is 26.4. The highest BCUT2D eigenvalue weighted by molar-refractivity contribution is 8.13. The molecular formula is C19H27ClN4O7PS+. The molecule has 3 rings (SSSR count). The van der Waals surface area contributed by atoms with Gasteiger partial charge in [-0.25, -0.2) is 15.0 Å². The number of hydrogen-bond acceptors (Lipinski definition) is 11. The second kappa shape index (κ2) is 10.6. The van der Waals surface area contributed by atoms with E-state index in [1.807, 2.05) is 20.8 Å². The largest absolute Gasteiger partial charge is 0.697 e. The van der Waals surface area contributed by atoms with Crippen molar-refractivity contribution in [3.05, 3.63) is 17.8 Å². The molecule has 0 saturated carbocycles. The smallest absolute Gasteiger partial charge is 0.387 e. The molecule has 14 heteroatoms. The molecule has 0 aromatic carbocycles. The van der Waals surface area contributed by atoms with Gasteiger partial charge in [0.1, 0.15) is 42.9 Å². The first-order chi connectivity index (χ1) is 15.5. The summed E-state index contributed by atoms with van der Waals surface area (Å²) in [6.45, 7) is 6.85. The maximum atomic E-state index is 12.1. The van der Waals surface area contributed by atoms with E-state index in [-0.39, 0.29) is 23.5 Å². The van der Waals surface area contributed by atoms with E-state index in [1.54, 1.807) is 0 Å². The van der Waals surface area contributed by atoms with Crippen LogP contribution in [-0.2, 0) is 23.1 Å². The number of fused-ring (bicyclic) bond motifs is 1. The molecule has 33 heavy (non-hydrogen) atoms. The second-order valence-corrected chi connectivity index (χ2v) is 10.8. The molecule has 3 heterocycles. The number of hydrogen-bond donors (Lipinski definition) is 2. The lowest BCUT2D eigenvalue weighted by molar-refractivity contribution is -0.118. The Bertz CT molecular complexity index is 1020. The Balaban J connectivity index is 1.53. The van der Waals surface area contributed by atoms with E-state index >= 15 is 0 Å². The number of ether oxygens (including phenoxy) is 1. The third-order valence-corrected chi connectivity index (χ3v) is 7.83. The van der Waals surface area contributed by atoms with E-state index < -0.39 is 37.7 Å². The molecule has 2 aromatic heterocycles. The van der Waals surface area contributed by atoms with E-state index in [2.05, 4.69) is 15.0 Å². The van der Waals surface area contributed by atoms with Crippen LogP contribution in [0.25, 0.3) is 11.2 Å². The molecule has 0 radical (unpaired) electrons. The summed E-state index contributed by atoms with van der Waals surface area (Å²) in [4.78, 5) is 24.2. The van der Waals surface area contributed by atoms with Crippen LogP contribution in [-0.4, -0.2) is 71.6 Å². The molecule has 11 nitrogen and oxygen atoms in total. The van der Waals surface area contributed by atoms with Crippen LogP contribution in [0.5, 0.6) is 0 Å². The fourth-order valence-electron chi connectivity index (χ4n) is 3.13. The van der Waals surface area contributed by atoms with E-state index in [0.29, 0.717) is 16.9 Å². The molecule has 0 bridgehead atoms. The normalized spacial score (nSPS) is 26.2. The SMILES string of the molecule is CCC(C)(C)C(=O)SCCO[P+](=O)OC[C@H]1O[C@@H](n2cnc3c(Cl)ncnc32)[C@@](C)(O)C1O. The third kappa shape index (κ3) is 5.71. The van der Waals surface area contributed by atoms with Crippen LogP contribution in [0.15, 0.2) is 12.7 Å². The molecule has 1 saturated heterocycles. The average Bonchev–Trinajstić information content (AvgIpc) is 3.29. The second-order valence-electron chi connectivity index (χ2n) is 8.41. The van der Waals surface area contributed by atoms with Gasteiger partial charge in [0.15, 0.2) is 22.1 Å². The monoisotopic (exact) mass is 521 g/mol. The zero-order valence-electron chi connectivity index (χ0n) is 18.7. The summed E-state index contributed by atoms with van der Waals surface area (Å²) >= 11 is 7.14.